The molecule has 3 heterocycles. The molecule has 25 heavy (non-hydrogen) atoms. The number of hydrogen-bond donors (Lipinski definition) is 1. The second kappa shape index (κ2) is 8.69. The number of nitrogens with zero attached hydrogens (tertiary/aromatic N) is 3. The van der Waals surface area contributed by atoms with Gasteiger partial charge in [0.1, 0.15) is 6.10 Å². The van der Waals surface area contributed by atoms with E-state index >= 15 is 0 Å². The Kier molecular flexibility index (Phi) is 6.34. The lowest BCUT2D eigenvalue weighted by Crippen LogP contribution is -2.43. The zero-order chi connectivity index (χ0) is 17.6. The van der Waals surface area contributed by atoms with Gasteiger partial charge in [-0.15, -0.1) is 0 Å². The summed E-state index contributed by atoms with van der Waals surface area (Å²) < 4.78 is 11.5. The average Bonchev–Trinajstić information content (AvgIpc) is 3.05. The number of fused-ring (bicyclic) bond motifs is 1. The second-order valence-corrected chi connectivity index (χ2v) is 6.81. The summed E-state index contributed by atoms with van der Waals surface area (Å²) in [6.07, 6.45) is 5.12. The molecule has 138 valence electrons. The van der Waals surface area contributed by atoms with Crippen LogP contribution in [0.1, 0.15) is 31.2 Å². The van der Waals surface area contributed by atoms with Gasteiger partial charge < -0.3 is 14.8 Å². The summed E-state index contributed by atoms with van der Waals surface area (Å²) >= 11 is 0. The van der Waals surface area contributed by atoms with E-state index in [2.05, 4.69) is 20.2 Å². The minimum absolute atomic E-state index is 0.0439. The van der Waals surface area contributed by atoms with E-state index in [1.54, 1.807) is 12.4 Å². The van der Waals surface area contributed by atoms with Crippen molar-refractivity contribution in [2.24, 2.45) is 5.92 Å². The highest BCUT2D eigenvalue weighted by molar-refractivity contribution is 5.81. The number of hydrogen-bond acceptors (Lipinski definition) is 6. The predicted molar refractivity (Wildman–Crippen MR) is 92.9 cm³/mol. The van der Waals surface area contributed by atoms with Crippen molar-refractivity contribution in [3.8, 4) is 0 Å². The highest BCUT2D eigenvalue weighted by Gasteiger charge is 2.41. The Labute approximate surface area is 149 Å². The lowest BCUT2D eigenvalue weighted by atomic mass is 9.91. The van der Waals surface area contributed by atoms with E-state index in [0.29, 0.717) is 12.5 Å². The standard InChI is InChI=1S/C18H28N4O3/c1-3-24-7-6-22-5-4-14-8-16(25-17(14)12-22)18(23)21-11-15-10-19-13(2)9-20-15/h9-10,14,16-17H,3-8,11-12H2,1-2H3,(H,21,23)/t14-,16-,17+/m0/s1. The monoisotopic (exact) mass is 348 g/mol. The van der Waals surface area contributed by atoms with Crippen molar-refractivity contribution in [3.05, 3.63) is 23.8 Å². The van der Waals surface area contributed by atoms with Crippen LogP contribution >= 0.6 is 0 Å². The van der Waals surface area contributed by atoms with E-state index in [9.17, 15) is 4.79 Å². The summed E-state index contributed by atoms with van der Waals surface area (Å²) in [6.45, 7) is 8.69. The summed E-state index contributed by atoms with van der Waals surface area (Å²) in [6, 6.07) is 0. The third-order valence-electron chi connectivity index (χ3n) is 4.96. The van der Waals surface area contributed by atoms with Gasteiger partial charge in [0.15, 0.2) is 0 Å². The molecule has 1 aromatic rings. The largest absolute Gasteiger partial charge is 0.380 e. The molecule has 7 heteroatoms. The number of aryl methyl sites for hydroxylation is 1. The number of aromatic nitrogens is 2. The first-order valence-electron chi connectivity index (χ1n) is 9.16. The van der Waals surface area contributed by atoms with Crippen LogP contribution in [0.4, 0.5) is 0 Å². The van der Waals surface area contributed by atoms with Crippen molar-refractivity contribution in [1.29, 1.82) is 0 Å². The van der Waals surface area contributed by atoms with Crippen LogP contribution < -0.4 is 5.32 Å². The third kappa shape index (κ3) is 4.96. The Morgan fingerprint density at radius 1 is 1.44 bits per heavy atom. The quantitative estimate of drug-likeness (QED) is 0.739. The zero-order valence-corrected chi connectivity index (χ0v) is 15.1. The minimum Gasteiger partial charge on any atom is -0.380 e. The zero-order valence-electron chi connectivity index (χ0n) is 15.1. The molecule has 2 aliphatic heterocycles. The van der Waals surface area contributed by atoms with E-state index in [0.717, 1.165) is 57.1 Å². The van der Waals surface area contributed by atoms with Crippen LogP contribution in [0.25, 0.3) is 0 Å². The molecule has 0 aromatic carbocycles. The Morgan fingerprint density at radius 2 is 2.32 bits per heavy atom. The number of rotatable bonds is 7. The van der Waals surface area contributed by atoms with E-state index in [4.69, 9.17) is 9.47 Å². The summed E-state index contributed by atoms with van der Waals surface area (Å²) in [7, 11) is 0. The van der Waals surface area contributed by atoms with Crippen LogP contribution in [-0.2, 0) is 20.8 Å². The number of piperidine rings is 1. The third-order valence-corrected chi connectivity index (χ3v) is 4.96. The molecular weight excluding hydrogens is 320 g/mol. The maximum absolute atomic E-state index is 12.4. The van der Waals surface area contributed by atoms with Crippen molar-refractivity contribution in [1.82, 2.24) is 20.2 Å². The fraction of sp³-hybridized carbons (Fsp3) is 0.722. The molecule has 1 aromatic heterocycles. The van der Waals surface area contributed by atoms with Crippen molar-refractivity contribution in [2.45, 2.75) is 45.4 Å². The molecule has 2 fully saturated rings. The highest BCUT2D eigenvalue weighted by Crippen LogP contribution is 2.33. The fourth-order valence-corrected chi connectivity index (χ4v) is 3.51. The molecule has 0 radical (unpaired) electrons. The summed E-state index contributed by atoms with van der Waals surface area (Å²) in [5, 5.41) is 2.92. The van der Waals surface area contributed by atoms with Crippen molar-refractivity contribution in [2.75, 3.05) is 32.8 Å². The Balaban J connectivity index is 1.44. The Morgan fingerprint density at radius 3 is 3.08 bits per heavy atom. The first-order chi connectivity index (χ1) is 12.2. The van der Waals surface area contributed by atoms with Gasteiger partial charge in [-0.25, -0.2) is 0 Å². The fourth-order valence-electron chi connectivity index (χ4n) is 3.51. The molecule has 2 saturated heterocycles. The Bertz CT molecular complexity index is 566. The van der Waals surface area contributed by atoms with Gasteiger partial charge >= 0.3 is 0 Å². The Hall–Kier alpha value is -1.57. The van der Waals surface area contributed by atoms with Gasteiger partial charge in [-0.1, -0.05) is 0 Å². The SMILES string of the molecule is CCOCCN1CC[C@H]2C[C@@H](C(=O)NCc3cnc(C)cn3)O[C@@H]2C1. The van der Waals surface area contributed by atoms with Gasteiger partial charge in [-0.05, 0) is 39.2 Å². The van der Waals surface area contributed by atoms with Crippen molar-refractivity contribution < 1.29 is 14.3 Å². The first kappa shape index (κ1) is 18.2. The molecule has 0 aliphatic carbocycles. The van der Waals surface area contributed by atoms with Gasteiger partial charge in [0.05, 0.1) is 36.8 Å². The highest BCUT2D eigenvalue weighted by atomic mass is 16.5. The minimum atomic E-state index is -0.347. The molecule has 2 aliphatic rings. The van der Waals surface area contributed by atoms with Crippen molar-refractivity contribution >= 4 is 5.91 Å². The summed E-state index contributed by atoms with van der Waals surface area (Å²) in [4.78, 5) is 23.2. The second-order valence-electron chi connectivity index (χ2n) is 6.81. The smallest absolute Gasteiger partial charge is 0.249 e. The number of carbonyl (C=O) groups is 1. The molecule has 0 saturated carbocycles. The number of nitrogens with one attached hydrogen (secondary N) is 1. The average molecular weight is 348 g/mol. The molecule has 3 atom stereocenters. The molecule has 1 amide bonds. The topological polar surface area (TPSA) is 76.6 Å². The molecule has 7 nitrogen and oxygen atoms in total. The van der Waals surface area contributed by atoms with Crippen LogP contribution in [-0.4, -0.2) is 65.8 Å². The molecule has 3 rings (SSSR count). The van der Waals surface area contributed by atoms with Gasteiger partial charge in [-0.2, -0.15) is 0 Å². The van der Waals surface area contributed by atoms with E-state index in [-0.39, 0.29) is 18.1 Å². The van der Waals surface area contributed by atoms with Gasteiger partial charge in [-0.3, -0.25) is 19.7 Å². The lowest BCUT2D eigenvalue weighted by Gasteiger charge is -2.33. The van der Waals surface area contributed by atoms with Gasteiger partial charge in [0.25, 0.3) is 0 Å². The van der Waals surface area contributed by atoms with Crippen LogP contribution in [0.15, 0.2) is 12.4 Å². The summed E-state index contributed by atoms with van der Waals surface area (Å²) in [5.74, 6) is 0.441. The van der Waals surface area contributed by atoms with Gasteiger partial charge in [0.2, 0.25) is 5.91 Å². The van der Waals surface area contributed by atoms with Crippen molar-refractivity contribution in [3.63, 3.8) is 0 Å². The normalized spacial score (nSPS) is 26.4. The van der Waals surface area contributed by atoms with E-state index in [1.165, 1.54) is 0 Å². The molecule has 0 unspecified atom stereocenters. The molecule has 0 spiro atoms. The number of amides is 1. The van der Waals surface area contributed by atoms with Crippen LogP contribution in [0.3, 0.4) is 0 Å². The van der Waals surface area contributed by atoms with Gasteiger partial charge in [0, 0.05) is 25.9 Å². The van der Waals surface area contributed by atoms with E-state index < -0.39 is 0 Å². The lowest BCUT2D eigenvalue weighted by molar-refractivity contribution is -0.133. The number of ether oxygens (including phenoxy) is 2. The van der Waals surface area contributed by atoms with Crippen LogP contribution in [0, 0.1) is 12.8 Å². The number of carbonyl (C=O) groups excluding carboxylic acids is 1. The first-order valence-corrected chi connectivity index (χ1v) is 9.16. The maximum atomic E-state index is 12.4. The molecule has 0 bridgehead atoms. The number of likely N-dealkylation sites (tertiary alicyclic amines) is 1. The van der Waals surface area contributed by atoms with Crippen LogP contribution in [0.2, 0.25) is 0 Å². The maximum Gasteiger partial charge on any atom is 0.249 e. The summed E-state index contributed by atoms with van der Waals surface area (Å²) in [5.41, 5.74) is 1.63. The van der Waals surface area contributed by atoms with E-state index in [1.807, 2.05) is 13.8 Å². The molecular formula is C18H28N4O3. The van der Waals surface area contributed by atoms with Crippen LogP contribution in [0.5, 0.6) is 0 Å². The molecule has 1 N–H and O–H groups in total. The predicted octanol–water partition coefficient (Wildman–Crippen LogP) is 0.917.